The van der Waals surface area contributed by atoms with Gasteiger partial charge in [0, 0.05) is 0 Å². The first-order chi connectivity index (χ1) is 7.09. The molecule has 1 aromatic rings. The summed E-state index contributed by atoms with van der Waals surface area (Å²) in [6, 6.07) is 8.93. The molecule has 76 valence electrons. The first kappa shape index (κ1) is 11.5. The van der Waals surface area contributed by atoms with Gasteiger partial charge >= 0.3 is 0 Å². The average Bonchev–Trinajstić information content (AvgIpc) is 2.17. The lowest BCUT2D eigenvalue weighted by atomic mass is 10.0. The van der Waals surface area contributed by atoms with Crippen LogP contribution >= 0.6 is 0 Å². The molecule has 3 nitrogen and oxygen atoms in total. The first-order valence-electron chi connectivity index (χ1n) is 4.70. The molecule has 0 saturated heterocycles. The summed E-state index contributed by atoms with van der Waals surface area (Å²) in [5.74, 6) is -0.774. The van der Waals surface area contributed by atoms with E-state index in [1.165, 1.54) is 6.92 Å². The van der Waals surface area contributed by atoms with Crippen LogP contribution in [0.3, 0.4) is 0 Å². The van der Waals surface area contributed by atoms with Gasteiger partial charge in [-0.2, -0.15) is 0 Å². The molecule has 2 radical (unpaired) electrons. The average molecular weight is 201 g/mol. The van der Waals surface area contributed by atoms with Gasteiger partial charge in [0.1, 0.15) is 0 Å². The van der Waals surface area contributed by atoms with Crippen LogP contribution in [0.4, 0.5) is 4.79 Å². The Labute approximate surface area is 90.3 Å². The maximum absolute atomic E-state index is 11.2. The van der Waals surface area contributed by atoms with Gasteiger partial charge in [-0.1, -0.05) is 30.3 Å². The van der Waals surface area contributed by atoms with Gasteiger partial charge in [-0.3, -0.25) is 9.59 Å². The summed E-state index contributed by atoms with van der Waals surface area (Å²) in [6.07, 6.45) is 0.471. The van der Waals surface area contributed by atoms with Crippen molar-refractivity contribution in [1.29, 1.82) is 0 Å². The number of rotatable bonds is 4. The Morgan fingerprint density at radius 2 is 1.93 bits per heavy atom. The molecular weight excluding hydrogens is 189 g/mol. The van der Waals surface area contributed by atoms with Gasteiger partial charge in [0.25, 0.3) is 0 Å². The number of Topliss-reactive ketones (excluding diaryl/α,β-unsaturated/α-hetero) is 1. The minimum absolute atomic E-state index is 0.0994. The predicted octanol–water partition coefficient (Wildman–Crippen LogP) is 1.06. The Kier molecular flexibility index (Phi) is 4.09. The third kappa shape index (κ3) is 3.98. The fraction of sp³-hybridized carbons (Fsp3) is 0.273. The number of hydrogen-bond donors (Lipinski definition) is 1. The highest BCUT2D eigenvalue weighted by atomic mass is 16.2. The second-order valence-electron chi connectivity index (χ2n) is 3.36. The van der Waals surface area contributed by atoms with Crippen LogP contribution < -0.4 is 5.32 Å². The van der Waals surface area contributed by atoms with E-state index in [0.29, 0.717) is 6.42 Å². The number of nitrogens with one attached hydrogen (secondary N) is 1. The normalized spacial score (nSPS) is 11.8. The van der Waals surface area contributed by atoms with Crippen molar-refractivity contribution in [3.63, 3.8) is 0 Å². The van der Waals surface area contributed by atoms with Gasteiger partial charge < -0.3 is 5.32 Å². The summed E-state index contributed by atoms with van der Waals surface area (Å²) in [7, 11) is 4.98. The summed E-state index contributed by atoms with van der Waals surface area (Å²) in [5, 5.41) is 2.42. The number of amides is 1. The van der Waals surface area contributed by atoms with Gasteiger partial charge in [0.05, 0.1) is 6.04 Å². The molecule has 1 rings (SSSR count). The van der Waals surface area contributed by atoms with Crippen molar-refractivity contribution in [2.24, 2.45) is 0 Å². The zero-order valence-electron chi connectivity index (χ0n) is 8.57. The van der Waals surface area contributed by atoms with Gasteiger partial charge in [-0.25, -0.2) is 0 Å². The van der Waals surface area contributed by atoms with Crippen molar-refractivity contribution >= 4 is 19.4 Å². The van der Waals surface area contributed by atoms with Gasteiger partial charge in [0.15, 0.2) is 11.6 Å². The SMILES string of the molecule is [B]C(=O)NC(Cc1ccccc1)C(C)=O. The molecule has 1 aromatic carbocycles. The van der Waals surface area contributed by atoms with Crippen molar-refractivity contribution < 1.29 is 9.59 Å². The van der Waals surface area contributed by atoms with E-state index in [0.717, 1.165) is 5.56 Å². The molecule has 0 aliphatic rings. The predicted molar refractivity (Wildman–Crippen MR) is 58.9 cm³/mol. The zero-order valence-corrected chi connectivity index (χ0v) is 8.57. The number of carbonyl (C=O) groups is 2. The van der Waals surface area contributed by atoms with Crippen molar-refractivity contribution in [2.45, 2.75) is 19.4 Å². The maximum atomic E-state index is 11.2. The Balaban J connectivity index is 2.67. The summed E-state index contributed by atoms with van der Waals surface area (Å²) >= 11 is 0. The van der Waals surface area contributed by atoms with E-state index in [9.17, 15) is 9.59 Å². The van der Waals surface area contributed by atoms with E-state index in [1.54, 1.807) is 0 Å². The van der Waals surface area contributed by atoms with Crippen molar-refractivity contribution in [1.82, 2.24) is 5.32 Å². The van der Waals surface area contributed by atoms with E-state index in [-0.39, 0.29) is 5.78 Å². The molecule has 0 spiro atoms. The molecule has 0 heterocycles. The Morgan fingerprint density at radius 1 is 1.33 bits per heavy atom. The van der Waals surface area contributed by atoms with Crippen LogP contribution in [-0.4, -0.2) is 25.5 Å². The van der Waals surface area contributed by atoms with E-state index >= 15 is 0 Å². The molecule has 1 atom stereocenters. The molecule has 0 aliphatic carbocycles. The highest BCUT2D eigenvalue weighted by Gasteiger charge is 2.14. The van der Waals surface area contributed by atoms with E-state index < -0.39 is 11.8 Å². The Morgan fingerprint density at radius 3 is 2.40 bits per heavy atom. The van der Waals surface area contributed by atoms with Crippen LogP contribution in [0.15, 0.2) is 30.3 Å². The van der Waals surface area contributed by atoms with Gasteiger partial charge in [-0.05, 0) is 18.9 Å². The molecule has 0 fully saturated rings. The second kappa shape index (κ2) is 5.34. The molecule has 0 aliphatic heterocycles. The van der Waals surface area contributed by atoms with Crippen LogP contribution in [0, 0.1) is 0 Å². The minimum atomic E-state index is -0.675. The van der Waals surface area contributed by atoms with E-state index in [4.69, 9.17) is 7.85 Å². The molecule has 1 N–H and O–H groups in total. The monoisotopic (exact) mass is 201 g/mol. The smallest absolute Gasteiger partial charge is 0.200 e. The number of ketones is 1. The second-order valence-corrected chi connectivity index (χ2v) is 3.36. The van der Waals surface area contributed by atoms with Gasteiger partial charge in [-0.15, -0.1) is 0 Å². The van der Waals surface area contributed by atoms with E-state index in [2.05, 4.69) is 5.32 Å². The topological polar surface area (TPSA) is 46.2 Å². The maximum Gasteiger partial charge on any atom is 0.200 e. The number of carbonyl (C=O) groups excluding carboxylic acids is 2. The molecule has 15 heavy (non-hydrogen) atoms. The molecular formula is C11H12BNO2. The lowest BCUT2D eigenvalue weighted by Crippen LogP contribution is -2.40. The zero-order chi connectivity index (χ0) is 11.3. The highest BCUT2D eigenvalue weighted by molar-refractivity contribution is 6.57. The number of benzene rings is 1. The fourth-order valence-corrected chi connectivity index (χ4v) is 1.32. The largest absolute Gasteiger partial charge is 0.356 e. The van der Waals surface area contributed by atoms with Crippen LogP contribution in [0.2, 0.25) is 0 Å². The van der Waals surface area contributed by atoms with Crippen molar-refractivity contribution in [2.75, 3.05) is 0 Å². The fourth-order valence-electron chi connectivity index (χ4n) is 1.32. The molecule has 4 heteroatoms. The number of hydrogen-bond acceptors (Lipinski definition) is 2. The first-order valence-corrected chi connectivity index (χ1v) is 4.70. The highest BCUT2D eigenvalue weighted by Crippen LogP contribution is 2.03. The van der Waals surface area contributed by atoms with E-state index in [1.807, 2.05) is 30.3 Å². The third-order valence-electron chi connectivity index (χ3n) is 2.09. The molecule has 1 amide bonds. The van der Waals surface area contributed by atoms with Crippen LogP contribution in [0.5, 0.6) is 0 Å². The molecule has 0 bridgehead atoms. The Bertz CT molecular complexity index is 351. The van der Waals surface area contributed by atoms with Crippen LogP contribution in [0.1, 0.15) is 12.5 Å². The quantitative estimate of drug-likeness (QED) is 0.740. The summed E-state index contributed by atoms with van der Waals surface area (Å²) < 4.78 is 0. The van der Waals surface area contributed by atoms with Crippen LogP contribution in [0.25, 0.3) is 0 Å². The van der Waals surface area contributed by atoms with Crippen molar-refractivity contribution in [3.05, 3.63) is 35.9 Å². The Hall–Kier alpha value is -1.58. The third-order valence-corrected chi connectivity index (χ3v) is 2.09. The molecule has 0 aromatic heterocycles. The summed E-state index contributed by atoms with van der Waals surface area (Å²) in [6.45, 7) is 1.43. The van der Waals surface area contributed by atoms with Crippen molar-refractivity contribution in [3.8, 4) is 0 Å². The lowest BCUT2D eigenvalue weighted by molar-refractivity contribution is -0.118. The summed E-state index contributed by atoms with van der Waals surface area (Å²) in [5.41, 5.74) is 0.992. The lowest BCUT2D eigenvalue weighted by Gasteiger charge is -2.14. The van der Waals surface area contributed by atoms with Gasteiger partial charge in [0.2, 0.25) is 7.85 Å². The minimum Gasteiger partial charge on any atom is -0.356 e. The molecule has 1 unspecified atom stereocenters. The molecule has 0 saturated carbocycles. The van der Waals surface area contributed by atoms with Crippen LogP contribution in [-0.2, 0) is 11.2 Å². The summed E-state index contributed by atoms with van der Waals surface area (Å²) in [4.78, 5) is 21.9. The standard InChI is InChI=1S/C11H12BNO2/c1-8(14)10(13-11(12)15)7-9-5-3-2-4-6-9/h2-6,10H,7H2,1H3,(H,13,15).